The van der Waals surface area contributed by atoms with Crippen LogP contribution in [0.3, 0.4) is 0 Å². The first-order valence-corrected chi connectivity index (χ1v) is 7.61. The lowest BCUT2D eigenvalue weighted by molar-refractivity contribution is 0.100. The van der Waals surface area contributed by atoms with Crippen LogP contribution in [0.25, 0.3) is 0 Å². The number of carbonyl (C=O) groups is 1. The maximum absolute atomic E-state index is 11.2. The number of hydrogen-bond acceptors (Lipinski definition) is 3. The van der Waals surface area contributed by atoms with Gasteiger partial charge in [0.15, 0.2) is 0 Å². The van der Waals surface area contributed by atoms with Gasteiger partial charge in [0.1, 0.15) is 4.34 Å². The molecule has 0 spiro atoms. The molecule has 0 saturated heterocycles. The molecule has 2 rings (SSSR count). The molecule has 100 valence electrons. The molecule has 0 bridgehead atoms. The van der Waals surface area contributed by atoms with Crippen molar-refractivity contribution in [2.24, 2.45) is 5.73 Å². The average Bonchev–Trinajstić information content (AvgIpc) is 2.67. The van der Waals surface area contributed by atoms with Gasteiger partial charge in [0.25, 0.3) is 0 Å². The average molecular weight is 380 g/mol. The van der Waals surface area contributed by atoms with Crippen LogP contribution >= 0.6 is 50.5 Å². The van der Waals surface area contributed by atoms with Crippen molar-refractivity contribution >= 4 is 62.1 Å². The van der Waals surface area contributed by atoms with Crippen LogP contribution in [0.5, 0.6) is 0 Å². The Kier molecular flexibility index (Phi) is 4.73. The summed E-state index contributed by atoms with van der Waals surface area (Å²) in [6, 6.07) is 7.01. The highest BCUT2D eigenvalue weighted by Gasteiger charge is 2.08. The van der Waals surface area contributed by atoms with Crippen molar-refractivity contribution in [3.63, 3.8) is 0 Å². The maximum atomic E-state index is 11.2. The van der Waals surface area contributed by atoms with Gasteiger partial charge in [-0.15, -0.1) is 11.3 Å². The standard InChI is InChI=1S/C12H9BrCl2N2OS/c13-9-4-7(19-11(9)15)5-17-6-1-2-10(14)8(3-6)12(16)18/h1-4,17H,5H2,(H2,16,18). The summed E-state index contributed by atoms with van der Waals surface area (Å²) in [5.41, 5.74) is 6.32. The van der Waals surface area contributed by atoms with Crippen LogP contribution in [0.4, 0.5) is 5.69 Å². The molecule has 7 heteroatoms. The molecule has 19 heavy (non-hydrogen) atoms. The van der Waals surface area contributed by atoms with Crippen molar-refractivity contribution in [2.45, 2.75) is 6.54 Å². The van der Waals surface area contributed by atoms with Crippen LogP contribution in [0.2, 0.25) is 9.36 Å². The molecule has 0 radical (unpaired) electrons. The van der Waals surface area contributed by atoms with E-state index in [1.54, 1.807) is 18.2 Å². The summed E-state index contributed by atoms with van der Waals surface area (Å²) in [4.78, 5) is 12.3. The fourth-order valence-corrected chi connectivity index (χ4v) is 3.43. The summed E-state index contributed by atoms with van der Waals surface area (Å²) in [5.74, 6) is -0.546. The van der Waals surface area contributed by atoms with E-state index in [9.17, 15) is 4.79 Å². The number of rotatable bonds is 4. The number of amides is 1. The Bertz CT molecular complexity index is 611. The Hall–Kier alpha value is -0.750. The molecule has 0 aliphatic carbocycles. The van der Waals surface area contributed by atoms with Crippen molar-refractivity contribution in [2.75, 3.05) is 5.32 Å². The van der Waals surface area contributed by atoms with Gasteiger partial charge in [-0.2, -0.15) is 0 Å². The smallest absolute Gasteiger partial charge is 0.250 e. The second-order valence-electron chi connectivity index (χ2n) is 3.75. The molecular formula is C12H9BrCl2N2OS. The van der Waals surface area contributed by atoms with E-state index in [4.69, 9.17) is 28.9 Å². The fraction of sp³-hybridized carbons (Fsp3) is 0.0833. The molecule has 1 aromatic carbocycles. The van der Waals surface area contributed by atoms with E-state index in [1.165, 1.54) is 11.3 Å². The number of nitrogens with two attached hydrogens (primary N) is 1. The minimum atomic E-state index is -0.546. The number of benzene rings is 1. The number of halogens is 3. The Morgan fingerprint density at radius 2 is 2.11 bits per heavy atom. The molecule has 3 nitrogen and oxygen atoms in total. The number of carbonyl (C=O) groups excluding carboxylic acids is 1. The zero-order valence-electron chi connectivity index (χ0n) is 9.54. The van der Waals surface area contributed by atoms with Crippen LogP contribution in [-0.4, -0.2) is 5.91 Å². The molecule has 2 aromatic rings. The second kappa shape index (κ2) is 6.13. The Morgan fingerprint density at radius 3 is 2.68 bits per heavy atom. The van der Waals surface area contributed by atoms with Crippen molar-refractivity contribution in [3.05, 3.63) is 48.5 Å². The van der Waals surface area contributed by atoms with E-state index >= 15 is 0 Å². The van der Waals surface area contributed by atoms with Crippen LogP contribution < -0.4 is 11.1 Å². The van der Waals surface area contributed by atoms with Gasteiger partial charge in [-0.3, -0.25) is 4.79 Å². The van der Waals surface area contributed by atoms with E-state index in [2.05, 4.69) is 21.2 Å². The van der Waals surface area contributed by atoms with Gasteiger partial charge in [0.2, 0.25) is 5.91 Å². The number of nitrogens with one attached hydrogen (secondary N) is 1. The molecule has 0 atom stereocenters. The number of primary amides is 1. The van der Waals surface area contributed by atoms with Crippen molar-refractivity contribution in [3.8, 4) is 0 Å². The summed E-state index contributed by atoms with van der Waals surface area (Å²) in [6.07, 6.45) is 0. The normalized spacial score (nSPS) is 10.5. The number of hydrogen-bond donors (Lipinski definition) is 2. The predicted molar refractivity (Wildman–Crippen MR) is 84.3 cm³/mol. The highest BCUT2D eigenvalue weighted by molar-refractivity contribution is 9.10. The van der Waals surface area contributed by atoms with Crippen LogP contribution in [-0.2, 0) is 6.54 Å². The Labute approximate surface area is 132 Å². The second-order valence-corrected chi connectivity index (χ2v) is 6.75. The lowest BCUT2D eigenvalue weighted by atomic mass is 10.2. The topological polar surface area (TPSA) is 55.1 Å². The Balaban J connectivity index is 2.11. The highest BCUT2D eigenvalue weighted by Crippen LogP contribution is 2.32. The van der Waals surface area contributed by atoms with Gasteiger partial charge < -0.3 is 11.1 Å². The van der Waals surface area contributed by atoms with Crippen molar-refractivity contribution < 1.29 is 4.79 Å². The van der Waals surface area contributed by atoms with Gasteiger partial charge in [0, 0.05) is 21.6 Å². The molecule has 0 fully saturated rings. The largest absolute Gasteiger partial charge is 0.380 e. The van der Waals surface area contributed by atoms with Gasteiger partial charge >= 0.3 is 0 Å². The number of anilines is 1. The highest BCUT2D eigenvalue weighted by atomic mass is 79.9. The van der Waals surface area contributed by atoms with Crippen molar-refractivity contribution in [1.82, 2.24) is 0 Å². The summed E-state index contributed by atoms with van der Waals surface area (Å²) >= 11 is 16.7. The van der Waals surface area contributed by atoms with Crippen LogP contribution in [0.15, 0.2) is 28.7 Å². The molecule has 0 aliphatic heterocycles. The predicted octanol–water partition coefficient (Wildman–Crippen LogP) is 4.53. The summed E-state index contributed by atoms with van der Waals surface area (Å²) in [5, 5.41) is 3.54. The third-order valence-electron chi connectivity index (χ3n) is 2.39. The minimum Gasteiger partial charge on any atom is -0.380 e. The monoisotopic (exact) mass is 378 g/mol. The van der Waals surface area contributed by atoms with Gasteiger partial charge in [-0.25, -0.2) is 0 Å². The zero-order chi connectivity index (χ0) is 14.0. The molecule has 1 aromatic heterocycles. The summed E-state index contributed by atoms with van der Waals surface area (Å²) in [6.45, 7) is 0.607. The van der Waals surface area contributed by atoms with Crippen molar-refractivity contribution in [1.29, 1.82) is 0 Å². The van der Waals surface area contributed by atoms with E-state index < -0.39 is 5.91 Å². The molecular weight excluding hydrogens is 371 g/mol. The van der Waals surface area contributed by atoms with E-state index in [0.29, 0.717) is 21.5 Å². The molecule has 1 amide bonds. The first-order chi connectivity index (χ1) is 8.97. The van der Waals surface area contributed by atoms with Crippen LogP contribution in [0, 0.1) is 0 Å². The third-order valence-corrected chi connectivity index (χ3v) is 5.20. The molecule has 0 aliphatic rings. The van der Waals surface area contributed by atoms with Crippen LogP contribution in [0.1, 0.15) is 15.2 Å². The quantitative estimate of drug-likeness (QED) is 0.819. The maximum Gasteiger partial charge on any atom is 0.250 e. The zero-order valence-corrected chi connectivity index (χ0v) is 13.5. The summed E-state index contributed by atoms with van der Waals surface area (Å²) < 4.78 is 1.59. The van der Waals surface area contributed by atoms with E-state index in [-0.39, 0.29) is 0 Å². The molecule has 3 N–H and O–H groups in total. The third kappa shape index (κ3) is 3.63. The van der Waals surface area contributed by atoms with Gasteiger partial charge in [0.05, 0.1) is 10.6 Å². The minimum absolute atomic E-state index is 0.303. The SMILES string of the molecule is NC(=O)c1cc(NCc2cc(Br)c(Cl)s2)ccc1Cl. The number of thiophene rings is 1. The van der Waals surface area contributed by atoms with Gasteiger partial charge in [-0.05, 0) is 40.2 Å². The molecule has 0 saturated carbocycles. The first kappa shape index (κ1) is 14.7. The van der Waals surface area contributed by atoms with E-state index in [1.807, 2.05) is 6.07 Å². The first-order valence-electron chi connectivity index (χ1n) is 5.24. The lowest BCUT2D eigenvalue weighted by Crippen LogP contribution is -2.12. The lowest BCUT2D eigenvalue weighted by Gasteiger charge is -2.07. The van der Waals surface area contributed by atoms with E-state index in [0.717, 1.165) is 15.0 Å². The van der Waals surface area contributed by atoms with Gasteiger partial charge in [-0.1, -0.05) is 23.2 Å². The fourth-order valence-electron chi connectivity index (χ4n) is 1.49. The Morgan fingerprint density at radius 1 is 1.37 bits per heavy atom. The molecule has 1 heterocycles. The molecule has 0 unspecified atom stereocenters. The summed E-state index contributed by atoms with van der Waals surface area (Å²) in [7, 11) is 0.